The molecule has 2 nitrogen and oxygen atoms in total. The van der Waals surface area contributed by atoms with Gasteiger partial charge in [-0.1, -0.05) is 11.6 Å². The molecule has 0 rings (SSSR count). The van der Waals surface area contributed by atoms with Crippen LogP contribution in [0.2, 0.25) is 0 Å². The smallest absolute Gasteiger partial charge is 0.130 e. The first-order valence-corrected chi connectivity index (χ1v) is 6.07. The zero-order valence-corrected chi connectivity index (χ0v) is 11.4. The van der Waals surface area contributed by atoms with Gasteiger partial charge < -0.3 is 9.53 Å². The van der Waals surface area contributed by atoms with Crippen LogP contribution in [0.25, 0.3) is 0 Å². The lowest BCUT2D eigenvalue weighted by Gasteiger charge is -2.22. The largest absolute Gasteiger partial charge is 0.379 e. The monoisotopic (exact) mass is 226 g/mol. The van der Waals surface area contributed by atoms with Gasteiger partial charge in [0.1, 0.15) is 5.78 Å². The molecule has 0 N–H and O–H groups in total. The average Bonchev–Trinajstić information content (AvgIpc) is 2.17. The molecular formula is C14H26O2. The molecule has 0 amide bonds. The second kappa shape index (κ2) is 7.61. The molecular weight excluding hydrogens is 200 g/mol. The molecule has 0 bridgehead atoms. The summed E-state index contributed by atoms with van der Waals surface area (Å²) in [5.41, 5.74) is 1.37. The summed E-state index contributed by atoms with van der Waals surface area (Å²) in [6, 6.07) is 0. The molecule has 0 spiro atoms. The third kappa shape index (κ3) is 8.66. The van der Waals surface area contributed by atoms with Crippen molar-refractivity contribution in [1.82, 2.24) is 0 Å². The topological polar surface area (TPSA) is 26.3 Å². The highest BCUT2D eigenvalue weighted by Crippen LogP contribution is 2.18. The van der Waals surface area contributed by atoms with Gasteiger partial charge >= 0.3 is 0 Å². The Labute approximate surface area is 100 Å². The summed E-state index contributed by atoms with van der Waals surface area (Å²) in [4.78, 5) is 10.8. The highest BCUT2D eigenvalue weighted by Gasteiger charge is 2.14. The fraction of sp³-hybridized carbons (Fsp3) is 0.786. The fourth-order valence-corrected chi connectivity index (χ4v) is 1.52. The SMILES string of the molecule is COC(C)(C)CCCC(C)=CCCC(C)=O. The molecule has 0 saturated heterocycles. The van der Waals surface area contributed by atoms with E-state index in [-0.39, 0.29) is 11.4 Å². The lowest BCUT2D eigenvalue weighted by molar-refractivity contribution is -0.116. The van der Waals surface area contributed by atoms with Crippen molar-refractivity contribution in [3.8, 4) is 0 Å². The Balaban J connectivity index is 3.72. The van der Waals surface area contributed by atoms with Gasteiger partial charge in [0.15, 0.2) is 0 Å². The minimum absolute atomic E-state index is 0.0142. The number of carbonyl (C=O) groups excluding carboxylic acids is 1. The van der Waals surface area contributed by atoms with Gasteiger partial charge in [0, 0.05) is 13.5 Å². The molecule has 0 unspecified atom stereocenters. The van der Waals surface area contributed by atoms with Crippen LogP contribution >= 0.6 is 0 Å². The van der Waals surface area contributed by atoms with Crippen LogP contribution in [0.1, 0.15) is 59.8 Å². The Morgan fingerprint density at radius 2 is 1.88 bits per heavy atom. The summed E-state index contributed by atoms with van der Waals surface area (Å²) in [5.74, 6) is 0.268. The highest BCUT2D eigenvalue weighted by atomic mass is 16.5. The Kier molecular flexibility index (Phi) is 7.31. The van der Waals surface area contributed by atoms with Gasteiger partial charge in [-0.15, -0.1) is 0 Å². The van der Waals surface area contributed by atoms with E-state index in [2.05, 4.69) is 26.8 Å². The van der Waals surface area contributed by atoms with Crippen LogP contribution in [0.15, 0.2) is 11.6 Å². The van der Waals surface area contributed by atoms with Gasteiger partial charge in [-0.25, -0.2) is 0 Å². The lowest BCUT2D eigenvalue weighted by atomic mass is 9.98. The first-order chi connectivity index (χ1) is 7.37. The van der Waals surface area contributed by atoms with Crippen molar-refractivity contribution in [1.29, 1.82) is 0 Å². The molecule has 16 heavy (non-hydrogen) atoms. The van der Waals surface area contributed by atoms with E-state index in [4.69, 9.17) is 4.74 Å². The average molecular weight is 226 g/mol. The number of hydrogen-bond donors (Lipinski definition) is 0. The number of allylic oxidation sites excluding steroid dienone is 2. The van der Waals surface area contributed by atoms with Crippen LogP contribution in [0.5, 0.6) is 0 Å². The molecule has 0 aliphatic rings. The summed E-state index contributed by atoms with van der Waals surface area (Å²) in [6.07, 6.45) is 7.05. The van der Waals surface area contributed by atoms with Crippen molar-refractivity contribution < 1.29 is 9.53 Å². The van der Waals surface area contributed by atoms with Crippen molar-refractivity contribution in [2.75, 3.05) is 7.11 Å². The standard InChI is InChI=1S/C14H26O2/c1-12(8-6-10-13(2)15)9-7-11-14(3,4)16-5/h8H,6-7,9-11H2,1-5H3. The Bertz CT molecular complexity index is 239. The molecule has 0 aromatic rings. The predicted octanol–water partition coefficient (Wildman–Crippen LogP) is 3.90. The predicted molar refractivity (Wildman–Crippen MR) is 68.6 cm³/mol. The Morgan fingerprint density at radius 3 is 2.38 bits per heavy atom. The van der Waals surface area contributed by atoms with Crippen molar-refractivity contribution in [3.63, 3.8) is 0 Å². The number of carbonyl (C=O) groups is 1. The zero-order chi connectivity index (χ0) is 12.6. The van der Waals surface area contributed by atoms with Crippen LogP contribution < -0.4 is 0 Å². The minimum Gasteiger partial charge on any atom is -0.379 e. The molecule has 0 radical (unpaired) electrons. The van der Waals surface area contributed by atoms with Gasteiger partial charge in [0.2, 0.25) is 0 Å². The molecule has 2 heteroatoms. The van der Waals surface area contributed by atoms with E-state index in [1.165, 1.54) is 5.57 Å². The number of Topliss-reactive ketones (excluding diaryl/α,β-unsaturated/α-hetero) is 1. The molecule has 0 heterocycles. The van der Waals surface area contributed by atoms with Gasteiger partial charge in [-0.2, -0.15) is 0 Å². The Morgan fingerprint density at radius 1 is 1.25 bits per heavy atom. The van der Waals surface area contributed by atoms with Gasteiger partial charge in [-0.05, 0) is 53.4 Å². The molecule has 94 valence electrons. The van der Waals surface area contributed by atoms with E-state index in [0.717, 1.165) is 25.7 Å². The second-order valence-corrected chi connectivity index (χ2v) is 5.11. The Hall–Kier alpha value is -0.630. The quantitative estimate of drug-likeness (QED) is 0.587. The van der Waals surface area contributed by atoms with E-state index >= 15 is 0 Å². The maximum Gasteiger partial charge on any atom is 0.130 e. The van der Waals surface area contributed by atoms with E-state index in [1.54, 1.807) is 14.0 Å². The van der Waals surface area contributed by atoms with E-state index in [1.807, 2.05) is 0 Å². The lowest BCUT2D eigenvalue weighted by Crippen LogP contribution is -2.21. The summed E-state index contributed by atoms with van der Waals surface area (Å²) >= 11 is 0. The van der Waals surface area contributed by atoms with Crippen LogP contribution in [0.3, 0.4) is 0 Å². The van der Waals surface area contributed by atoms with Gasteiger partial charge in [0.05, 0.1) is 5.60 Å². The van der Waals surface area contributed by atoms with E-state index in [9.17, 15) is 4.79 Å². The number of methoxy groups -OCH3 is 1. The van der Waals surface area contributed by atoms with Crippen molar-refractivity contribution in [2.45, 2.75) is 65.4 Å². The molecule has 0 fully saturated rings. The van der Waals surface area contributed by atoms with E-state index in [0.29, 0.717) is 6.42 Å². The van der Waals surface area contributed by atoms with Crippen molar-refractivity contribution >= 4 is 5.78 Å². The normalized spacial score (nSPS) is 12.9. The summed E-state index contributed by atoms with van der Waals surface area (Å²) in [7, 11) is 1.76. The first kappa shape index (κ1) is 15.4. The number of rotatable bonds is 8. The summed E-state index contributed by atoms with van der Waals surface area (Å²) in [6.45, 7) is 8.01. The molecule has 0 aromatic carbocycles. The van der Waals surface area contributed by atoms with Crippen molar-refractivity contribution in [2.24, 2.45) is 0 Å². The van der Waals surface area contributed by atoms with Gasteiger partial charge in [-0.3, -0.25) is 0 Å². The molecule has 0 aliphatic carbocycles. The third-order valence-corrected chi connectivity index (χ3v) is 2.89. The summed E-state index contributed by atoms with van der Waals surface area (Å²) in [5, 5.41) is 0. The number of ether oxygens (including phenoxy) is 1. The molecule has 0 saturated carbocycles. The summed E-state index contributed by atoms with van der Waals surface area (Å²) < 4.78 is 5.37. The van der Waals surface area contributed by atoms with Crippen LogP contribution in [0.4, 0.5) is 0 Å². The van der Waals surface area contributed by atoms with Crippen LogP contribution in [-0.2, 0) is 9.53 Å². The maximum absolute atomic E-state index is 10.8. The fourth-order valence-electron chi connectivity index (χ4n) is 1.52. The zero-order valence-electron chi connectivity index (χ0n) is 11.4. The van der Waals surface area contributed by atoms with E-state index < -0.39 is 0 Å². The third-order valence-electron chi connectivity index (χ3n) is 2.89. The van der Waals surface area contributed by atoms with Crippen LogP contribution in [-0.4, -0.2) is 18.5 Å². The van der Waals surface area contributed by atoms with Gasteiger partial charge in [0.25, 0.3) is 0 Å². The highest BCUT2D eigenvalue weighted by molar-refractivity contribution is 5.75. The maximum atomic E-state index is 10.8. The molecule has 0 aromatic heterocycles. The van der Waals surface area contributed by atoms with Crippen LogP contribution in [0, 0.1) is 0 Å². The molecule has 0 aliphatic heterocycles. The first-order valence-electron chi connectivity index (χ1n) is 6.07. The minimum atomic E-state index is -0.0142. The number of hydrogen-bond acceptors (Lipinski definition) is 2. The van der Waals surface area contributed by atoms with Crippen molar-refractivity contribution in [3.05, 3.63) is 11.6 Å². The second-order valence-electron chi connectivity index (χ2n) is 5.11. The number of ketones is 1. The molecule has 0 atom stereocenters.